The molecule has 0 spiro atoms. The van der Waals surface area contributed by atoms with Gasteiger partial charge in [0.1, 0.15) is 6.04 Å². The fourth-order valence-corrected chi connectivity index (χ4v) is 1.99. The first-order chi connectivity index (χ1) is 8.40. The molecule has 1 atom stereocenters. The van der Waals surface area contributed by atoms with Crippen LogP contribution >= 0.6 is 0 Å². The van der Waals surface area contributed by atoms with Gasteiger partial charge in [-0.25, -0.2) is 4.79 Å². The van der Waals surface area contributed by atoms with Crippen molar-refractivity contribution in [2.24, 2.45) is 5.92 Å². The molecule has 1 saturated heterocycles. The number of nitrogens with one attached hydrogen (secondary N) is 1. The van der Waals surface area contributed by atoms with Crippen LogP contribution in [0.2, 0.25) is 0 Å². The Labute approximate surface area is 108 Å². The molecule has 6 heteroatoms. The standard InChI is InChI=1S/C12H23N3O3/c1-9(2)8-14-4-6-15(7-5-14)12(18)13-10(3)11(16)17/h9-10H,4-8H2,1-3H3,(H,13,18)(H,16,17)/t10-/m0/s1. The van der Waals surface area contributed by atoms with Gasteiger partial charge in [-0.3, -0.25) is 9.69 Å². The number of nitrogens with zero attached hydrogens (tertiary/aromatic N) is 2. The van der Waals surface area contributed by atoms with Crippen LogP contribution in [-0.4, -0.2) is 65.7 Å². The lowest BCUT2D eigenvalue weighted by Gasteiger charge is -2.35. The van der Waals surface area contributed by atoms with Crippen LogP contribution in [-0.2, 0) is 4.79 Å². The SMILES string of the molecule is CC(C)CN1CCN(C(=O)N[C@@H](C)C(=O)O)CC1. The number of amides is 2. The normalized spacial score (nSPS) is 18.8. The van der Waals surface area contributed by atoms with Crippen LogP contribution < -0.4 is 5.32 Å². The number of urea groups is 1. The molecule has 0 aromatic carbocycles. The second kappa shape index (κ2) is 6.58. The number of aliphatic carboxylic acids is 1. The summed E-state index contributed by atoms with van der Waals surface area (Å²) in [7, 11) is 0. The Morgan fingerprint density at radius 2 is 1.72 bits per heavy atom. The van der Waals surface area contributed by atoms with E-state index in [1.165, 1.54) is 6.92 Å². The second-order valence-corrected chi connectivity index (χ2v) is 5.19. The Balaban J connectivity index is 2.34. The summed E-state index contributed by atoms with van der Waals surface area (Å²) in [4.78, 5) is 26.4. The summed E-state index contributed by atoms with van der Waals surface area (Å²) >= 11 is 0. The minimum absolute atomic E-state index is 0.283. The molecule has 1 rings (SSSR count). The van der Waals surface area contributed by atoms with E-state index in [0.29, 0.717) is 19.0 Å². The molecule has 2 amide bonds. The van der Waals surface area contributed by atoms with Gasteiger partial charge in [0.15, 0.2) is 0 Å². The Bertz CT molecular complexity index is 299. The number of carboxylic acid groups (broad SMARTS) is 1. The van der Waals surface area contributed by atoms with Gasteiger partial charge in [0, 0.05) is 32.7 Å². The third-order valence-electron chi connectivity index (χ3n) is 2.99. The van der Waals surface area contributed by atoms with Crippen molar-refractivity contribution in [2.45, 2.75) is 26.8 Å². The maximum Gasteiger partial charge on any atom is 0.325 e. The van der Waals surface area contributed by atoms with Crippen molar-refractivity contribution in [3.63, 3.8) is 0 Å². The van der Waals surface area contributed by atoms with E-state index in [2.05, 4.69) is 24.1 Å². The van der Waals surface area contributed by atoms with Gasteiger partial charge in [0.25, 0.3) is 0 Å². The summed E-state index contributed by atoms with van der Waals surface area (Å²) in [5.41, 5.74) is 0. The molecule has 104 valence electrons. The summed E-state index contributed by atoms with van der Waals surface area (Å²) in [6.45, 7) is 9.88. The molecule has 2 N–H and O–H groups in total. The van der Waals surface area contributed by atoms with Gasteiger partial charge in [0.05, 0.1) is 0 Å². The minimum atomic E-state index is -1.01. The van der Waals surface area contributed by atoms with Crippen LogP contribution in [0, 0.1) is 5.92 Å². The summed E-state index contributed by atoms with van der Waals surface area (Å²) in [6.07, 6.45) is 0. The van der Waals surface area contributed by atoms with Crippen molar-refractivity contribution < 1.29 is 14.7 Å². The molecular weight excluding hydrogens is 234 g/mol. The lowest BCUT2D eigenvalue weighted by Crippen LogP contribution is -2.54. The molecule has 1 aliphatic heterocycles. The summed E-state index contributed by atoms with van der Waals surface area (Å²) < 4.78 is 0. The minimum Gasteiger partial charge on any atom is -0.480 e. The third kappa shape index (κ3) is 4.52. The second-order valence-electron chi connectivity index (χ2n) is 5.19. The van der Waals surface area contributed by atoms with Crippen LogP contribution in [0.5, 0.6) is 0 Å². The predicted octanol–water partition coefficient (Wildman–Crippen LogP) is 0.443. The lowest BCUT2D eigenvalue weighted by molar-refractivity contribution is -0.138. The number of carboxylic acids is 1. The van der Waals surface area contributed by atoms with Gasteiger partial charge in [-0.15, -0.1) is 0 Å². The topological polar surface area (TPSA) is 72.9 Å². The Morgan fingerprint density at radius 3 is 2.17 bits per heavy atom. The molecular formula is C12H23N3O3. The van der Waals surface area contributed by atoms with Gasteiger partial charge >= 0.3 is 12.0 Å². The van der Waals surface area contributed by atoms with Crippen molar-refractivity contribution in [3.8, 4) is 0 Å². The van der Waals surface area contributed by atoms with E-state index in [1.54, 1.807) is 4.90 Å². The highest BCUT2D eigenvalue weighted by molar-refractivity contribution is 5.82. The van der Waals surface area contributed by atoms with Gasteiger partial charge < -0.3 is 15.3 Å². The molecule has 0 bridgehead atoms. The van der Waals surface area contributed by atoms with Crippen molar-refractivity contribution in [3.05, 3.63) is 0 Å². The van der Waals surface area contributed by atoms with Crippen LogP contribution in [0.1, 0.15) is 20.8 Å². The van der Waals surface area contributed by atoms with E-state index >= 15 is 0 Å². The van der Waals surface area contributed by atoms with Gasteiger partial charge in [-0.1, -0.05) is 13.8 Å². The van der Waals surface area contributed by atoms with E-state index in [1.807, 2.05) is 0 Å². The van der Waals surface area contributed by atoms with E-state index in [-0.39, 0.29) is 6.03 Å². The largest absolute Gasteiger partial charge is 0.480 e. The first-order valence-electron chi connectivity index (χ1n) is 6.40. The number of hydrogen-bond donors (Lipinski definition) is 2. The molecule has 18 heavy (non-hydrogen) atoms. The highest BCUT2D eigenvalue weighted by Gasteiger charge is 2.23. The van der Waals surface area contributed by atoms with Crippen LogP contribution in [0.3, 0.4) is 0 Å². The average molecular weight is 257 g/mol. The van der Waals surface area contributed by atoms with E-state index in [0.717, 1.165) is 19.6 Å². The third-order valence-corrected chi connectivity index (χ3v) is 2.99. The van der Waals surface area contributed by atoms with E-state index in [4.69, 9.17) is 5.11 Å². The van der Waals surface area contributed by atoms with Gasteiger partial charge in [0.2, 0.25) is 0 Å². The average Bonchev–Trinajstić information content (AvgIpc) is 2.28. The maximum absolute atomic E-state index is 11.8. The zero-order valence-electron chi connectivity index (χ0n) is 11.3. The Kier molecular flexibility index (Phi) is 5.40. The Hall–Kier alpha value is -1.30. The summed E-state index contributed by atoms with van der Waals surface area (Å²) in [6, 6.07) is -1.12. The molecule has 0 radical (unpaired) electrons. The zero-order valence-corrected chi connectivity index (χ0v) is 11.3. The number of carbonyl (C=O) groups is 2. The number of hydrogen-bond acceptors (Lipinski definition) is 3. The first-order valence-corrected chi connectivity index (χ1v) is 6.40. The summed E-state index contributed by atoms with van der Waals surface area (Å²) in [5.74, 6) is -0.390. The van der Waals surface area contributed by atoms with Gasteiger partial charge in [-0.2, -0.15) is 0 Å². The smallest absolute Gasteiger partial charge is 0.325 e. The highest BCUT2D eigenvalue weighted by atomic mass is 16.4. The highest BCUT2D eigenvalue weighted by Crippen LogP contribution is 2.05. The number of rotatable bonds is 4. The van der Waals surface area contributed by atoms with Crippen molar-refractivity contribution in [2.75, 3.05) is 32.7 Å². The molecule has 0 aromatic heterocycles. The number of piperazine rings is 1. The fourth-order valence-electron chi connectivity index (χ4n) is 1.99. The van der Waals surface area contributed by atoms with Crippen LogP contribution in [0.15, 0.2) is 0 Å². The lowest BCUT2D eigenvalue weighted by atomic mass is 10.2. The summed E-state index contributed by atoms with van der Waals surface area (Å²) in [5, 5.41) is 11.2. The van der Waals surface area contributed by atoms with Gasteiger partial charge in [-0.05, 0) is 12.8 Å². The zero-order chi connectivity index (χ0) is 13.7. The van der Waals surface area contributed by atoms with Crippen LogP contribution in [0.4, 0.5) is 4.79 Å². The molecule has 0 aromatic rings. The van der Waals surface area contributed by atoms with Crippen molar-refractivity contribution >= 4 is 12.0 Å². The molecule has 0 saturated carbocycles. The fraction of sp³-hybridized carbons (Fsp3) is 0.833. The first kappa shape index (κ1) is 14.8. The maximum atomic E-state index is 11.8. The quantitative estimate of drug-likeness (QED) is 0.766. The molecule has 1 fully saturated rings. The molecule has 1 heterocycles. The monoisotopic (exact) mass is 257 g/mol. The van der Waals surface area contributed by atoms with Crippen molar-refractivity contribution in [1.82, 2.24) is 15.1 Å². The number of carbonyl (C=O) groups excluding carboxylic acids is 1. The predicted molar refractivity (Wildman–Crippen MR) is 68.5 cm³/mol. The molecule has 6 nitrogen and oxygen atoms in total. The van der Waals surface area contributed by atoms with Crippen LogP contribution in [0.25, 0.3) is 0 Å². The molecule has 0 unspecified atom stereocenters. The molecule has 1 aliphatic rings. The van der Waals surface area contributed by atoms with Crippen molar-refractivity contribution in [1.29, 1.82) is 0 Å². The Morgan fingerprint density at radius 1 is 1.17 bits per heavy atom. The van der Waals surface area contributed by atoms with E-state index < -0.39 is 12.0 Å². The molecule has 0 aliphatic carbocycles. The van der Waals surface area contributed by atoms with E-state index in [9.17, 15) is 9.59 Å².